The smallest absolute Gasteiger partial charge is 0.160 e. The second-order valence-corrected chi connectivity index (χ2v) is 9.26. The summed E-state index contributed by atoms with van der Waals surface area (Å²) < 4.78 is 16.9. The number of nitrogens with one attached hydrogen (secondary N) is 1. The summed E-state index contributed by atoms with van der Waals surface area (Å²) in [6, 6.07) is 13.8. The zero-order valence-corrected chi connectivity index (χ0v) is 19.6. The van der Waals surface area contributed by atoms with Gasteiger partial charge < -0.3 is 24.6 Å². The lowest BCUT2D eigenvalue weighted by Gasteiger charge is -2.42. The van der Waals surface area contributed by atoms with Crippen molar-refractivity contribution in [2.45, 2.75) is 23.0 Å². The third-order valence-electron chi connectivity index (χ3n) is 5.86. The van der Waals surface area contributed by atoms with Gasteiger partial charge in [-0.05, 0) is 48.5 Å². The van der Waals surface area contributed by atoms with E-state index in [1.54, 1.807) is 22.1 Å². The van der Waals surface area contributed by atoms with Gasteiger partial charge >= 0.3 is 0 Å². The molecule has 2 rings (SSSR count). The van der Waals surface area contributed by atoms with Gasteiger partial charge in [-0.1, -0.05) is 23.8 Å². The average Bonchev–Trinajstić information content (AvgIpc) is 2.66. The van der Waals surface area contributed by atoms with Crippen molar-refractivity contribution in [3.8, 4) is 17.2 Å². The maximum Gasteiger partial charge on any atom is 0.160 e. The van der Waals surface area contributed by atoms with E-state index in [2.05, 4.69) is 21.0 Å². The molecule has 0 heterocycles. The molecule has 0 saturated heterocycles. The van der Waals surface area contributed by atoms with Crippen LogP contribution in [0.1, 0.15) is 11.1 Å². The minimum atomic E-state index is -1.08. The molecule has 156 valence electrons. The first kappa shape index (κ1) is 24.4. The minimum Gasteiger partial charge on any atom is -0.503 e. The topological polar surface area (TPSA) is 60.0 Å². The van der Waals surface area contributed by atoms with Crippen molar-refractivity contribution in [2.75, 3.05) is 27.3 Å². The zero-order valence-electron chi connectivity index (χ0n) is 19.6. The van der Waals surface area contributed by atoms with Crippen LogP contribution in [0, 0.1) is 6.92 Å². The standard InChI is InChI=1S/C20H32B5NO4/c1-13-5-4-6-15(9-13)30-20(24,25)19(23,27)12-26-11-18(21,22)14-7-8-16(28-2)17(10-14)29-3/h4-10,26-27H,11-12,21-25H2,1-3H3. The Kier molecular flexibility index (Phi) is 7.70. The van der Waals surface area contributed by atoms with E-state index < -0.39 is 10.9 Å². The van der Waals surface area contributed by atoms with E-state index in [-0.39, 0.29) is 5.21 Å². The first-order valence-electron chi connectivity index (χ1n) is 10.3. The van der Waals surface area contributed by atoms with Gasteiger partial charge in [0.1, 0.15) is 45.0 Å². The molecule has 0 aliphatic carbocycles. The van der Waals surface area contributed by atoms with Gasteiger partial charge in [-0.2, -0.15) is 0 Å². The quantitative estimate of drug-likeness (QED) is 0.424. The molecule has 0 spiro atoms. The largest absolute Gasteiger partial charge is 0.503 e. The van der Waals surface area contributed by atoms with Crippen LogP contribution in [0.3, 0.4) is 0 Å². The molecule has 0 saturated carbocycles. The second-order valence-electron chi connectivity index (χ2n) is 9.26. The Balaban J connectivity index is 2.04. The Morgan fingerprint density at radius 3 is 2.17 bits per heavy atom. The Morgan fingerprint density at radius 2 is 1.57 bits per heavy atom. The van der Waals surface area contributed by atoms with Crippen LogP contribution < -0.4 is 19.5 Å². The molecule has 0 aromatic heterocycles. The van der Waals surface area contributed by atoms with Crippen LogP contribution in [0.15, 0.2) is 42.5 Å². The fraction of sp³-hybridized carbons (Fsp3) is 0.400. The first-order chi connectivity index (χ1) is 13.9. The molecule has 1 unspecified atom stereocenters. The third-order valence-corrected chi connectivity index (χ3v) is 5.86. The number of methoxy groups -OCH3 is 2. The molecule has 0 fully saturated rings. The molecule has 1 atom stereocenters. The Morgan fingerprint density at radius 1 is 0.900 bits per heavy atom. The van der Waals surface area contributed by atoms with Crippen LogP contribution in [0.4, 0.5) is 0 Å². The second kappa shape index (κ2) is 9.48. The monoisotopic (exact) mass is 405 g/mol. The van der Waals surface area contributed by atoms with Crippen molar-refractivity contribution in [1.82, 2.24) is 5.32 Å². The number of hydrogen-bond acceptors (Lipinski definition) is 5. The van der Waals surface area contributed by atoms with Gasteiger partial charge in [-0.3, -0.25) is 0 Å². The van der Waals surface area contributed by atoms with Crippen LogP contribution >= 0.6 is 0 Å². The number of hydrogen-bond donors (Lipinski definition) is 2. The summed E-state index contributed by atoms with van der Waals surface area (Å²) >= 11 is 0. The van der Waals surface area contributed by atoms with Gasteiger partial charge in [-0.25, -0.2) is 0 Å². The first-order valence-corrected chi connectivity index (χ1v) is 10.3. The molecule has 2 aromatic carbocycles. The van der Waals surface area contributed by atoms with E-state index in [4.69, 9.17) is 14.2 Å². The van der Waals surface area contributed by atoms with E-state index in [1.807, 2.05) is 65.1 Å². The van der Waals surface area contributed by atoms with Gasteiger partial charge in [-0.15, -0.1) is 0 Å². The number of rotatable bonds is 10. The van der Waals surface area contributed by atoms with Crippen molar-refractivity contribution < 1.29 is 19.3 Å². The molecule has 5 nitrogen and oxygen atoms in total. The normalized spacial score (nSPS) is 14.0. The molecule has 2 aromatic rings. The predicted octanol–water partition coefficient (Wildman–Crippen LogP) is -2.66. The van der Waals surface area contributed by atoms with Crippen molar-refractivity contribution in [3.63, 3.8) is 0 Å². The van der Waals surface area contributed by atoms with E-state index >= 15 is 0 Å². The summed E-state index contributed by atoms with van der Waals surface area (Å²) in [5, 5.41) is 13.7. The lowest BCUT2D eigenvalue weighted by atomic mass is 9.48. The molecular formula is C20H32B5NO4. The molecular weight excluding hydrogens is 372 g/mol. The van der Waals surface area contributed by atoms with Crippen LogP contribution in [0.5, 0.6) is 17.2 Å². The Labute approximate surface area is 185 Å². The van der Waals surface area contributed by atoms with Gasteiger partial charge in [0.2, 0.25) is 0 Å². The lowest BCUT2D eigenvalue weighted by molar-refractivity contribution is 0.0208. The van der Waals surface area contributed by atoms with Gasteiger partial charge in [0.25, 0.3) is 0 Å². The highest BCUT2D eigenvalue weighted by Crippen LogP contribution is 2.31. The molecule has 2 N–H and O–H groups in total. The van der Waals surface area contributed by atoms with E-state index in [9.17, 15) is 5.11 Å². The summed E-state index contributed by atoms with van der Waals surface area (Å²) in [6.45, 7) is 3.09. The molecule has 0 bridgehead atoms. The van der Waals surface area contributed by atoms with Gasteiger partial charge in [0.15, 0.2) is 11.5 Å². The number of benzene rings is 2. The van der Waals surface area contributed by atoms with Gasteiger partial charge in [0, 0.05) is 6.54 Å². The predicted molar refractivity (Wildman–Crippen MR) is 136 cm³/mol. The number of aliphatic hydroxyl groups is 1. The number of ether oxygens (including phenoxy) is 3. The lowest BCUT2D eigenvalue weighted by Crippen LogP contribution is -2.64. The fourth-order valence-corrected chi connectivity index (χ4v) is 3.27. The Hall–Kier alpha value is -1.92. The zero-order chi connectivity index (χ0) is 22.6. The fourth-order valence-electron chi connectivity index (χ4n) is 3.27. The van der Waals surface area contributed by atoms with Crippen LogP contribution in [0.2, 0.25) is 0 Å². The minimum absolute atomic E-state index is 0.169. The summed E-state index contributed by atoms with van der Waals surface area (Å²) in [4.78, 5) is 0. The van der Waals surface area contributed by atoms with Crippen LogP contribution in [-0.2, 0) is 5.21 Å². The highest BCUT2D eigenvalue weighted by molar-refractivity contribution is 6.44. The maximum absolute atomic E-state index is 11.2. The highest BCUT2D eigenvalue weighted by Gasteiger charge is 2.41. The van der Waals surface area contributed by atoms with Gasteiger partial charge in [0.05, 0.1) is 25.1 Å². The molecule has 0 aliphatic heterocycles. The Bertz CT molecular complexity index is 861. The van der Waals surface area contributed by atoms with E-state index in [0.29, 0.717) is 24.6 Å². The number of aryl methyl sites for hydroxylation is 1. The molecule has 0 aliphatic rings. The van der Waals surface area contributed by atoms with Crippen LogP contribution in [0.25, 0.3) is 0 Å². The summed E-state index contributed by atoms with van der Waals surface area (Å²) in [5.41, 5.74) is 1.17. The third kappa shape index (κ3) is 5.82. The summed E-state index contributed by atoms with van der Waals surface area (Å²) in [6.07, 6.45) is 0. The van der Waals surface area contributed by atoms with E-state index in [1.165, 1.54) is 0 Å². The van der Waals surface area contributed by atoms with Crippen molar-refractivity contribution in [3.05, 3.63) is 53.6 Å². The average molecular weight is 405 g/mol. The molecule has 10 heteroatoms. The van der Waals surface area contributed by atoms with Crippen molar-refractivity contribution in [1.29, 1.82) is 0 Å². The van der Waals surface area contributed by atoms with Crippen molar-refractivity contribution >= 4 is 39.2 Å². The summed E-state index contributed by atoms with van der Waals surface area (Å²) in [5.74, 6) is 2.18. The molecule has 30 heavy (non-hydrogen) atoms. The highest BCUT2D eigenvalue weighted by atomic mass is 16.5. The SMILES string of the molecule is BC(B)(CNCC(B)(O)C(B)(B)Oc1cccc(C)c1)c1ccc(OC)c(OC)c1. The summed E-state index contributed by atoms with van der Waals surface area (Å²) in [7, 11) is 13.2. The van der Waals surface area contributed by atoms with Crippen molar-refractivity contribution in [2.24, 2.45) is 0 Å². The molecule has 0 amide bonds. The van der Waals surface area contributed by atoms with Crippen LogP contribution in [-0.4, -0.2) is 82.5 Å². The van der Waals surface area contributed by atoms with E-state index in [0.717, 1.165) is 16.9 Å². The maximum atomic E-state index is 11.2. The molecule has 0 radical (unpaired) electrons.